The Hall–Kier alpha value is -0.210. The molecule has 0 saturated carbocycles. The summed E-state index contributed by atoms with van der Waals surface area (Å²) in [7, 11) is 0.257. The smallest absolute Gasteiger partial charge is 0.282 e. The molecule has 0 radical (unpaired) electrons. The minimum Gasteiger partial charge on any atom is -0.320 e. The Kier molecular flexibility index (Phi) is 6.02. The number of fused-ring (bicyclic) bond motifs is 1. The van der Waals surface area contributed by atoms with Crippen LogP contribution in [0.3, 0.4) is 0 Å². The Balaban J connectivity index is 2.01. The zero-order chi connectivity index (χ0) is 15.5. The molecule has 21 heavy (non-hydrogen) atoms. The summed E-state index contributed by atoms with van der Waals surface area (Å²) in [5.41, 5.74) is 0. The van der Waals surface area contributed by atoms with Gasteiger partial charge in [-0.05, 0) is 46.3 Å². The third kappa shape index (κ3) is 3.96. The summed E-state index contributed by atoms with van der Waals surface area (Å²) in [5.74, 6) is 0. The molecule has 0 spiro atoms. The van der Waals surface area contributed by atoms with E-state index in [0.29, 0.717) is 19.1 Å². The van der Waals surface area contributed by atoms with Crippen LogP contribution in [-0.2, 0) is 10.2 Å². The van der Waals surface area contributed by atoms with Gasteiger partial charge in [0.15, 0.2) is 0 Å². The van der Waals surface area contributed by atoms with Crippen molar-refractivity contribution in [3.05, 3.63) is 0 Å². The minimum atomic E-state index is -3.33. The van der Waals surface area contributed by atoms with Gasteiger partial charge in [-0.1, -0.05) is 6.42 Å². The maximum Gasteiger partial charge on any atom is 0.282 e. The fourth-order valence-corrected chi connectivity index (χ4v) is 5.02. The van der Waals surface area contributed by atoms with Gasteiger partial charge in [-0.3, -0.25) is 4.90 Å². The quantitative estimate of drug-likeness (QED) is 0.717. The van der Waals surface area contributed by atoms with Crippen molar-refractivity contribution in [1.82, 2.24) is 18.8 Å². The van der Waals surface area contributed by atoms with E-state index in [4.69, 9.17) is 0 Å². The highest BCUT2D eigenvalue weighted by Gasteiger charge is 2.40. The van der Waals surface area contributed by atoms with Gasteiger partial charge in [-0.15, -0.1) is 0 Å². The zero-order valence-electron chi connectivity index (χ0n) is 13.6. The van der Waals surface area contributed by atoms with Crippen LogP contribution in [0.4, 0.5) is 0 Å². The van der Waals surface area contributed by atoms with Crippen LogP contribution >= 0.6 is 0 Å². The number of rotatable bonds is 6. The van der Waals surface area contributed by atoms with E-state index < -0.39 is 10.2 Å². The summed E-state index contributed by atoms with van der Waals surface area (Å²) >= 11 is 0. The fraction of sp³-hybridized carbons (Fsp3) is 1.00. The maximum absolute atomic E-state index is 12.8. The molecular weight excluding hydrogens is 288 g/mol. The first-order valence-electron chi connectivity index (χ1n) is 8.08. The van der Waals surface area contributed by atoms with Gasteiger partial charge < -0.3 is 5.32 Å². The summed E-state index contributed by atoms with van der Waals surface area (Å²) in [4.78, 5) is 2.47. The molecule has 2 heterocycles. The number of hydrogen-bond acceptors (Lipinski definition) is 4. The summed E-state index contributed by atoms with van der Waals surface area (Å²) in [6, 6.07) is 0.478. The fourth-order valence-electron chi connectivity index (χ4n) is 3.42. The minimum absolute atomic E-state index is 0.0658. The molecule has 0 aliphatic carbocycles. The van der Waals surface area contributed by atoms with Crippen LogP contribution in [0, 0.1) is 0 Å². The van der Waals surface area contributed by atoms with Crippen molar-refractivity contribution in [1.29, 1.82) is 0 Å². The van der Waals surface area contributed by atoms with Gasteiger partial charge in [-0.25, -0.2) is 0 Å². The SMILES string of the molecule is CNCCCN(C)S(=O)(=O)N1CC2CCCCN2CC1C. The predicted octanol–water partition coefficient (Wildman–Crippen LogP) is 0.331. The van der Waals surface area contributed by atoms with Crippen LogP contribution in [0.1, 0.15) is 32.6 Å². The molecule has 7 heteroatoms. The van der Waals surface area contributed by atoms with E-state index in [9.17, 15) is 8.42 Å². The summed E-state index contributed by atoms with van der Waals surface area (Å²) in [5, 5.41) is 3.06. The van der Waals surface area contributed by atoms with E-state index in [1.165, 1.54) is 17.1 Å². The zero-order valence-corrected chi connectivity index (χ0v) is 14.4. The lowest BCUT2D eigenvalue weighted by Gasteiger charge is -2.47. The van der Waals surface area contributed by atoms with Gasteiger partial charge in [-0.2, -0.15) is 17.0 Å². The molecule has 0 bridgehead atoms. The first-order valence-corrected chi connectivity index (χ1v) is 9.48. The molecule has 6 nitrogen and oxygen atoms in total. The molecule has 2 rings (SSSR count). The monoisotopic (exact) mass is 318 g/mol. The van der Waals surface area contributed by atoms with Gasteiger partial charge >= 0.3 is 0 Å². The molecule has 0 amide bonds. The van der Waals surface area contributed by atoms with Crippen LogP contribution in [0.5, 0.6) is 0 Å². The number of nitrogens with zero attached hydrogens (tertiary/aromatic N) is 3. The molecule has 2 saturated heterocycles. The topological polar surface area (TPSA) is 55.9 Å². The second kappa shape index (κ2) is 7.37. The van der Waals surface area contributed by atoms with E-state index >= 15 is 0 Å². The normalized spacial score (nSPS) is 28.8. The third-order valence-electron chi connectivity index (χ3n) is 4.72. The van der Waals surface area contributed by atoms with Gasteiger partial charge in [0.2, 0.25) is 0 Å². The second-order valence-corrected chi connectivity index (χ2v) is 8.34. The number of hydrogen-bond donors (Lipinski definition) is 1. The van der Waals surface area contributed by atoms with Gasteiger partial charge in [0.25, 0.3) is 10.2 Å². The Labute approximate surface area is 129 Å². The third-order valence-corrected chi connectivity index (χ3v) is 6.79. The van der Waals surface area contributed by atoms with Crippen LogP contribution in [-0.4, -0.2) is 80.8 Å². The Morgan fingerprint density at radius 3 is 2.76 bits per heavy atom. The number of nitrogens with one attached hydrogen (secondary N) is 1. The van der Waals surface area contributed by atoms with E-state index in [-0.39, 0.29) is 6.04 Å². The highest BCUT2D eigenvalue weighted by molar-refractivity contribution is 7.86. The predicted molar refractivity (Wildman–Crippen MR) is 85.5 cm³/mol. The average molecular weight is 318 g/mol. The first-order chi connectivity index (χ1) is 9.96. The van der Waals surface area contributed by atoms with Gasteiger partial charge in [0.05, 0.1) is 0 Å². The largest absolute Gasteiger partial charge is 0.320 e. The molecule has 2 fully saturated rings. The Bertz CT molecular complexity index is 429. The first kappa shape index (κ1) is 17.1. The van der Waals surface area contributed by atoms with Crippen molar-refractivity contribution in [2.75, 3.05) is 46.8 Å². The molecule has 1 N–H and O–H groups in total. The van der Waals surface area contributed by atoms with Crippen molar-refractivity contribution < 1.29 is 8.42 Å². The summed E-state index contributed by atoms with van der Waals surface area (Å²) in [6.45, 7) is 6.09. The Morgan fingerprint density at radius 1 is 1.29 bits per heavy atom. The molecule has 2 unspecified atom stereocenters. The van der Waals surface area contributed by atoms with Crippen molar-refractivity contribution >= 4 is 10.2 Å². The number of piperidine rings is 1. The molecule has 124 valence electrons. The highest BCUT2D eigenvalue weighted by Crippen LogP contribution is 2.26. The van der Waals surface area contributed by atoms with Crippen LogP contribution in [0.2, 0.25) is 0 Å². The summed E-state index contributed by atoms with van der Waals surface area (Å²) in [6.07, 6.45) is 4.44. The van der Waals surface area contributed by atoms with Crippen molar-refractivity contribution in [2.24, 2.45) is 0 Å². The lowest BCUT2D eigenvalue weighted by molar-refractivity contribution is 0.0537. The van der Waals surface area contributed by atoms with E-state index in [2.05, 4.69) is 10.2 Å². The van der Waals surface area contributed by atoms with Crippen molar-refractivity contribution in [2.45, 2.75) is 44.7 Å². The Morgan fingerprint density at radius 2 is 2.05 bits per heavy atom. The lowest BCUT2D eigenvalue weighted by Crippen LogP contribution is -2.61. The van der Waals surface area contributed by atoms with Gasteiger partial charge in [0.1, 0.15) is 0 Å². The lowest BCUT2D eigenvalue weighted by atomic mass is 9.99. The maximum atomic E-state index is 12.8. The van der Waals surface area contributed by atoms with E-state index in [1.807, 2.05) is 14.0 Å². The standard InChI is InChI=1S/C14H30N4O2S/c1-13-11-17-10-5-4-7-14(17)12-18(13)21(19,20)16(3)9-6-8-15-2/h13-15H,4-12H2,1-3H3. The number of piperazine rings is 1. The van der Waals surface area contributed by atoms with E-state index in [0.717, 1.165) is 32.5 Å². The average Bonchev–Trinajstić information content (AvgIpc) is 2.46. The van der Waals surface area contributed by atoms with Crippen LogP contribution < -0.4 is 5.32 Å². The molecular formula is C14H30N4O2S. The molecule has 0 aromatic heterocycles. The molecule has 0 aromatic carbocycles. The molecule has 2 atom stereocenters. The molecule has 2 aliphatic heterocycles. The van der Waals surface area contributed by atoms with Crippen molar-refractivity contribution in [3.63, 3.8) is 0 Å². The molecule has 0 aromatic rings. The van der Waals surface area contributed by atoms with Gasteiger partial charge in [0, 0.05) is 38.8 Å². The molecule has 2 aliphatic rings. The van der Waals surface area contributed by atoms with Crippen LogP contribution in [0.15, 0.2) is 0 Å². The highest BCUT2D eigenvalue weighted by atomic mass is 32.2. The second-order valence-electron chi connectivity index (χ2n) is 6.35. The van der Waals surface area contributed by atoms with E-state index in [1.54, 1.807) is 11.4 Å². The van der Waals surface area contributed by atoms with Crippen LogP contribution in [0.25, 0.3) is 0 Å². The summed E-state index contributed by atoms with van der Waals surface area (Å²) < 4.78 is 28.8. The van der Waals surface area contributed by atoms with Crippen molar-refractivity contribution in [3.8, 4) is 0 Å².